The second-order valence-electron chi connectivity index (χ2n) is 5.99. The fraction of sp³-hybridized carbons (Fsp3) is 0.0952. The van der Waals surface area contributed by atoms with Crippen LogP contribution in [0.5, 0.6) is 0 Å². The average Bonchev–Trinajstić information content (AvgIpc) is 2.69. The van der Waals surface area contributed by atoms with Crippen LogP contribution < -0.4 is 10.6 Å². The largest absolute Gasteiger partial charge is 0.335 e. The Kier molecular flexibility index (Phi) is 5.56. The number of halogens is 1. The van der Waals surface area contributed by atoms with E-state index in [0.29, 0.717) is 16.9 Å². The van der Waals surface area contributed by atoms with E-state index >= 15 is 0 Å². The Morgan fingerprint density at radius 3 is 2.37 bits per heavy atom. The number of amides is 2. The number of pyridine rings is 1. The number of nitrogens with zero attached hydrogens (tertiary/aromatic N) is 1. The van der Waals surface area contributed by atoms with Crippen LogP contribution in [-0.2, 0) is 9.59 Å². The average molecular weight is 363 g/mol. The zero-order chi connectivity index (χ0) is 19.2. The molecular formula is C21H18FN3O2. The van der Waals surface area contributed by atoms with Gasteiger partial charge in [-0.15, -0.1) is 0 Å². The van der Waals surface area contributed by atoms with Crippen molar-refractivity contribution in [2.45, 2.75) is 13.0 Å². The second kappa shape index (κ2) is 8.23. The normalized spacial score (nSPS) is 11.5. The minimum absolute atomic E-state index is 0.380. The number of aromatic nitrogens is 1. The number of benzene rings is 2. The molecule has 2 aromatic carbocycles. The summed E-state index contributed by atoms with van der Waals surface area (Å²) < 4.78 is 13.2. The Labute approximate surface area is 156 Å². The minimum atomic E-state index is -0.832. The van der Waals surface area contributed by atoms with Gasteiger partial charge >= 0.3 is 11.8 Å². The van der Waals surface area contributed by atoms with Gasteiger partial charge in [-0.25, -0.2) is 4.39 Å². The molecule has 0 fully saturated rings. The first-order valence-corrected chi connectivity index (χ1v) is 8.38. The third-order valence-electron chi connectivity index (χ3n) is 4.03. The predicted octanol–water partition coefficient (Wildman–Crippen LogP) is 3.37. The molecule has 2 N–H and O–H groups in total. The first-order valence-electron chi connectivity index (χ1n) is 8.38. The number of nitrogens with one attached hydrogen (secondary N) is 2. The molecule has 1 atom stereocenters. The highest BCUT2D eigenvalue weighted by molar-refractivity contribution is 6.39. The van der Waals surface area contributed by atoms with Crippen LogP contribution in [0.4, 0.5) is 10.1 Å². The molecule has 5 nitrogen and oxygen atoms in total. The van der Waals surface area contributed by atoms with Crippen LogP contribution >= 0.6 is 0 Å². The van der Waals surface area contributed by atoms with E-state index in [1.165, 1.54) is 18.2 Å². The first kappa shape index (κ1) is 18.3. The molecule has 3 aromatic rings. The molecule has 0 aliphatic carbocycles. The SMILES string of the molecule is Cc1cc(F)ccc1NC(=O)C(=O)N[C@H](c1ccccc1)c1ccccn1. The Bertz CT molecular complexity index is 907. The lowest BCUT2D eigenvalue weighted by molar-refractivity contribution is -0.136. The molecule has 27 heavy (non-hydrogen) atoms. The Morgan fingerprint density at radius 2 is 1.70 bits per heavy atom. The molecule has 1 aromatic heterocycles. The summed E-state index contributed by atoms with van der Waals surface area (Å²) in [7, 11) is 0. The summed E-state index contributed by atoms with van der Waals surface area (Å²) in [6.45, 7) is 1.65. The molecule has 0 aliphatic heterocycles. The standard InChI is InChI=1S/C21H18FN3O2/c1-14-13-16(22)10-11-17(14)24-20(26)21(27)25-19(15-7-3-2-4-8-15)18-9-5-6-12-23-18/h2-13,19H,1H3,(H,24,26)(H,25,27)/t19-/m1/s1. The first-order chi connectivity index (χ1) is 13.0. The predicted molar refractivity (Wildman–Crippen MR) is 100 cm³/mol. The van der Waals surface area contributed by atoms with E-state index in [0.717, 1.165) is 5.56 Å². The van der Waals surface area contributed by atoms with Gasteiger partial charge in [0.25, 0.3) is 0 Å². The van der Waals surface area contributed by atoms with E-state index in [9.17, 15) is 14.0 Å². The van der Waals surface area contributed by atoms with Crippen LogP contribution in [0.2, 0.25) is 0 Å². The van der Waals surface area contributed by atoms with Gasteiger partial charge in [-0.05, 0) is 48.4 Å². The molecule has 6 heteroatoms. The van der Waals surface area contributed by atoms with E-state index in [2.05, 4.69) is 15.6 Å². The minimum Gasteiger partial charge on any atom is -0.335 e. The van der Waals surface area contributed by atoms with Crippen molar-refractivity contribution in [3.8, 4) is 0 Å². The van der Waals surface area contributed by atoms with Gasteiger partial charge in [-0.1, -0.05) is 36.4 Å². The van der Waals surface area contributed by atoms with Crippen molar-refractivity contribution >= 4 is 17.5 Å². The van der Waals surface area contributed by atoms with Crippen molar-refractivity contribution in [1.29, 1.82) is 0 Å². The number of carbonyl (C=O) groups is 2. The van der Waals surface area contributed by atoms with Gasteiger partial charge in [0, 0.05) is 11.9 Å². The third-order valence-corrected chi connectivity index (χ3v) is 4.03. The maximum Gasteiger partial charge on any atom is 0.313 e. The number of rotatable bonds is 4. The number of anilines is 1. The number of hydrogen-bond acceptors (Lipinski definition) is 3. The van der Waals surface area contributed by atoms with Crippen LogP contribution in [-0.4, -0.2) is 16.8 Å². The highest BCUT2D eigenvalue weighted by Crippen LogP contribution is 2.20. The number of hydrogen-bond donors (Lipinski definition) is 2. The molecule has 2 amide bonds. The summed E-state index contributed by atoms with van der Waals surface area (Å²) in [5.41, 5.74) is 2.32. The van der Waals surface area contributed by atoms with Crippen molar-refractivity contribution in [2.75, 3.05) is 5.32 Å². The summed E-state index contributed by atoms with van der Waals surface area (Å²) in [5, 5.41) is 5.22. The summed E-state index contributed by atoms with van der Waals surface area (Å²) in [5.74, 6) is -2.05. The molecular weight excluding hydrogens is 345 g/mol. The molecule has 0 spiro atoms. The van der Waals surface area contributed by atoms with E-state index in [-0.39, 0.29) is 0 Å². The number of carbonyl (C=O) groups excluding carboxylic acids is 2. The van der Waals surface area contributed by atoms with Crippen LogP contribution in [0.15, 0.2) is 72.9 Å². The van der Waals surface area contributed by atoms with Gasteiger partial charge in [-0.2, -0.15) is 0 Å². The van der Waals surface area contributed by atoms with Crippen LogP contribution in [0, 0.1) is 12.7 Å². The van der Waals surface area contributed by atoms with Gasteiger partial charge < -0.3 is 10.6 Å². The summed E-state index contributed by atoms with van der Waals surface area (Å²) in [6.07, 6.45) is 1.62. The summed E-state index contributed by atoms with van der Waals surface area (Å²) >= 11 is 0. The monoisotopic (exact) mass is 363 g/mol. The molecule has 0 saturated heterocycles. The molecule has 1 heterocycles. The topological polar surface area (TPSA) is 71.1 Å². The van der Waals surface area contributed by atoms with Crippen LogP contribution in [0.25, 0.3) is 0 Å². The molecule has 0 bridgehead atoms. The van der Waals surface area contributed by atoms with Gasteiger partial charge in [0.1, 0.15) is 5.82 Å². The van der Waals surface area contributed by atoms with Gasteiger partial charge in [0.2, 0.25) is 0 Å². The smallest absolute Gasteiger partial charge is 0.313 e. The van der Waals surface area contributed by atoms with Crippen molar-refractivity contribution in [3.05, 3.63) is 95.6 Å². The quantitative estimate of drug-likeness (QED) is 0.698. The maximum atomic E-state index is 13.2. The molecule has 0 saturated carbocycles. The highest BCUT2D eigenvalue weighted by Gasteiger charge is 2.22. The fourth-order valence-electron chi connectivity index (χ4n) is 2.66. The van der Waals surface area contributed by atoms with Crippen molar-refractivity contribution in [3.63, 3.8) is 0 Å². The molecule has 0 aliphatic rings. The Hall–Kier alpha value is -3.54. The fourth-order valence-corrected chi connectivity index (χ4v) is 2.66. The lowest BCUT2D eigenvalue weighted by atomic mass is 10.0. The number of aryl methyl sites for hydroxylation is 1. The molecule has 136 valence electrons. The molecule has 0 unspecified atom stereocenters. The maximum absolute atomic E-state index is 13.2. The Morgan fingerprint density at radius 1 is 0.963 bits per heavy atom. The van der Waals surface area contributed by atoms with E-state index in [1.807, 2.05) is 36.4 Å². The zero-order valence-corrected chi connectivity index (χ0v) is 14.6. The lowest BCUT2D eigenvalue weighted by Crippen LogP contribution is -2.38. The van der Waals surface area contributed by atoms with Crippen LogP contribution in [0.1, 0.15) is 22.9 Å². The van der Waals surface area contributed by atoms with Gasteiger partial charge in [0.05, 0.1) is 11.7 Å². The van der Waals surface area contributed by atoms with Gasteiger partial charge in [0.15, 0.2) is 0 Å². The molecule has 3 rings (SSSR count). The van der Waals surface area contributed by atoms with Crippen molar-refractivity contribution in [1.82, 2.24) is 10.3 Å². The molecule has 0 radical (unpaired) electrons. The Balaban J connectivity index is 1.79. The summed E-state index contributed by atoms with van der Waals surface area (Å²) in [4.78, 5) is 29.1. The van der Waals surface area contributed by atoms with E-state index < -0.39 is 23.7 Å². The lowest BCUT2D eigenvalue weighted by Gasteiger charge is -2.18. The van der Waals surface area contributed by atoms with E-state index in [4.69, 9.17) is 0 Å². The second-order valence-corrected chi connectivity index (χ2v) is 5.99. The van der Waals surface area contributed by atoms with Crippen molar-refractivity contribution in [2.24, 2.45) is 0 Å². The highest BCUT2D eigenvalue weighted by atomic mass is 19.1. The van der Waals surface area contributed by atoms with Crippen molar-refractivity contribution < 1.29 is 14.0 Å². The third kappa shape index (κ3) is 4.55. The van der Waals surface area contributed by atoms with Crippen LogP contribution in [0.3, 0.4) is 0 Å². The zero-order valence-electron chi connectivity index (χ0n) is 14.6. The van der Waals surface area contributed by atoms with Gasteiger partial charge in [-0.3, -0.25) is 14.6 Å². The summed E-state index contributed by atoms with van der Waals surface area (Å²) in [6, 6.07) is 18.0. The van der Waals surface area contributed by atoms with E-state index in [1.54, 1.807) is 25.3 Å².